The fraction of sp³-hybridized carbons (Fsp3) is 0.647. The smallest absolute Gasteiger partial charge is 0.407 e. The number of carbonyl (C=O) groups is 1. The number of hydrogen-bond donors (Lipinski definition) is 1. The molecule has 138 valence electrons. The van der Waals surface area contributed by atoms with E-state index in [4.69, 9.17) is 4.74 Å². The van der Waals surface area contributed by atoms with Crippen molar-refractivity contribution in [1.82, 2.24) is 10.3 Å². The van der Waals surface area contributed by atoms with Crippen LogP contribution in [0, 0.1) is 23.0 Å². The standard InChI is InChI=1S/C17H26N4O4/c1-11-6-13(19-16(22)25-17(3,4)5)10-20(9-11)15-12(2)7-18-8-14(15)21(23)24/h7-8,11,13H,6,9-10H2,1-5H3,(H,19,22)/t11-,13+/m1/s1. The van der Waals surface area contributed by atoms with Crippen LogP contribution in [0.15, 0.2) is 12.4 Å². The zero-order chi connectivity index (χ0) is 18.8. The van der Waals surface area contributed by atoms with E-state index >= 15 is 0 Å². The van der Waals surface area contributed by atoms with E-state index in [-0.39, 0.29) is 17.6 Å². The Balaban J connectivity index is 2.19. The molecule has 25 heavy (non-hydrogen) atoms. The van der Waals surface area contributed by atoms with E-state index in [1.807, 2.05) is 32.6 Å². The number of rotatable bonds is 3. The number of nitrogens with one attached hydrogen (secondary N) is 1. The number of alkyl carbamates (subject to hydrolysis) is 1. The second-order valence-electron chi connectivity index (χ2n) is 7.67. The summed E-state index contributed by atoms with van der Waals surface area (Å²) in [6.45, 7) is 10.5. The normalized spacial score (nSPS) is 20.9. The molecule has 1 N–H and O–H groups in total. The van der Waals surface area contributed by atoms with Crippen LogP contribution in [0.4, 0.5) is 16.2 Å². The van der Waals surface area contributed by atoms with Crippen LogP contribution in [0.2, 0.25) is 0 Å². The lowest BCUT2D eigenvalue weighted by Gasteiger charge is -2.38. The Kier molecular flexibility index (Phi) is 5.49. The summed E-state index contributed by atoms with van der Waals surface area (Å²) in [6.07, 6.45) is 3.23. The van der Waals surface area contributed by atoms with Gasteiger partial charge in [0.25, 0.3) is 0 Å². The number of ether oxygens (including phenoxy) is 1. The van der Waals surface area contributed by atoms with Gasteiger partial charge in [-0.15, -0.1) is 0 Å². The van der Waals surface area contributed by atoms with Crippen LogP contribution in [0.1, 0.15) is 39.7 Å². The van der Waals surface area contributed by atoms with E-state index in [9.17, 15) is 14.9 Å². The molecule has 8 heteroatoms. The predicted octanol–water partition coefficient (Wildman–Crippen LogP) is 3.04. The molecule has 0 unspecified atom stereocenters. The third-order valence-electron chi connectivity index (χ3n) is 3.97. The van der Waals surface area contributed by atoms with E-state index in [0.29, 0.717) is 18.8 Å². The van der Waals surface area contributed by atoms with Crippen molar-refractivity contribution >= 4 is 17.5 Å². The number of piperidine rings is 1. The molecule has 1 saturated heterocycles. The molecule has 1 aromatic rings. The highest BCUT2D eigenvalue weighted by Crippen LogP contribution is 2.33. The number of aromatic nitrogens is 1. The van der Waals surface area contributed by atoms with Gasteiger partial charge in [0.1, 0.15) is 17.5 Å². The van der Waals surface area contributed by atoms with E-state index in [1.54, 1.807) is 6.20 Å². The van der Waals surface area contributed by atoms with Crippen LogP contribution in [-0.4, -0.2) is 40.7 Å². The predicted molar refractivity (Wildman–Crippen MR) is 94.8 cm³/mol. The number of amides is 1. The number of pyridine rings is 1. The maximum absolute atomic E-state index is 12.0. The highest BCUT2D eigenvalue weighted by atomic mass is 16.6. The summed E-state index contributed by atoms with van der Waals surface area (Å²) in [5.74, 6) is 0.279. The topological polar surface area (TPSA) is 97.6 Å². The number of nitro groups is 1. The molecular weight excluding hydrogens is 324 g/mol. The van der Waals surface area contributed by atoms with Crippen LogP contribution < -0.4 is 10.2 Å². The highest BCUT2D eigenvalue weighted by Gasteiger charge is 2.31. The van der Waals surface area contributed by atoms with E-state index in [2.05, 4.69) is 17.2 Å². The molecule has 0 aliphatic carbocycles. The zero-order valence-corrected chi connectivity index (χ0v) is 15.4. The largest absolute Gasteiger partial charge is 0.444 e. The molecule has 2 heterocycles. The fourth-order valence-electron chi connectivity index (χ4n) is 3.20. The Hall–Kier alpha value is -2.38. The maximum Gasteiger partial charge on any atom is 0.407 e. The Bertz CT molecular complexity index is 657. The van der Waals surface area contributed by atoms with Crippen molar-refractivity contribution in [2.75, 3.05) is 18.0 Å². The van der Waals surface area contributed by atoms with Gasteiger partial charge in [0.2, 0.25) is 0 Å². The molecule has 8 nitrogen and oxygen atoms in total. The third kappa shape index (κ3) is 5.04. The highest BCUT2D eigenvalue weighted by molar-refractivity contribution is 5.69. The summed E-state index contributed by atoms with van der Waals surface area (Å²) in [4.78, 5) is 28.9. The molecule has 1 amide bonds. The lowest BCUT2D eigenvalue weighted by molar-refractivity contribution is -0.384. The molecule has 2 rings (SSSR count). The second-order valence-corrected chi connectivity index (χ2v) is 7.67. The summed E-state index contributed by atoms with van der Waals surface area (Å²) in [5, 5.41) is 14.2. The number of anilines is 1. The van der Waals surface area contributed by atoms with E-state index < -0.39 is 16.6 Å². The average Bonchev–Trinajstić information content (AvgIpc) is 2.43. The van der Waals surface area contributed by atoms with Gasteiger partial charge >= 0.3 is 11.8 Å². The van der Waals surface area contributed by atoms with Gasteiger partial charge in [-0.25, -0.2) is 4.79 Å². The molecule has 2 atom stereocenters. The van der Waals surface area contributed by atoms with E-state index in [0.717, 1.165) is 12.0 Å². The van der Waals surface area contributed by atoms with Gasteiger partial charge in [-0.1, -0.05) is 6.92 Å². The first-order chi connectivity index (χ1) is 11.6. The summed E-state index contributed by atoms with van der Waals surface area (Å²) in [5.41, 5.74) is 0.747. The summed E-state index contributed by atoms with van der Waals surface area (Å²) in [6, 6.07) is -0.134. The minimum atomic E-state index is -0.565. The van der Waals surface area contributed by atoms with Crippen LogP contribution >= 0.6 is 0 Å². The monoisotopic (exact) mass is 350 g/mol. The van der Waals surface area contributed by atoms with Gasteiger partial charge < -0.3 is 15.0 Å². The zero-order valence-electron chi connectivity index (χ0n) is 15.4. The molecule has 1 aromatic heterocycles. The summed E-state index contributed by atoms with van der Waals surface area (Å²) in [7, 11) is 0. The Morgan fingerprint density at radius 3 is 2.68 bits per heavy atom. The first-order valence-corrected chi connectivity index (χ1v) is 8.40. The van der Waals surface area contributed by atoms with Crippen LogP contribution in [0.3, 0.4) is 0 Å². The van der Waals surface area contributed by atoms with Crippen molar-refractivity contribution in [2.24, 2.45) is 5.92 Å². The van der Waals surface area contributed by atoms with Crippen molar-refractivity contribution in [3.8, 4) is 0 Å². The minimum Gasteiger partial charge on any atom is -0.444 e. The Morgan fingerprint density at radius 2 is 2.08 bits per heavy atom. The quantitative estimate of drug-likeness (QED) is 0.665. The number of carbonyl (C=O) groups excluding carboxylic acids is 1. The summed E-state index contributed by atoms with van der Waals surface area (Å²) < 4.78 is 5.32. The molecular formula is C17H26N4O4. The number of nitrogens with zero attached hydrogens (tertiary/aromatic N) is 3. The molecule has 0 radical (unpaired) electrons. The average molecular weight is 350 g/mol. The summed E-state index contributed by atoms with van der Waals surface area (Å²) >= 11 is 0. The second kappa shape index (κ2) is 7.25. The van der Waals surface area contributed by atoms with Crippen molar-refractivity contribution in [2.45, 2.75) is 52.7 Å². The first-order valence-electron chi connectivity index (χ1n) is 8.40. The van der Waals surface area contributed by atoms with Gasteiger partial charge in [-0.2, -0.15) is 0 Å². The first kappa shape index (κ1) is 19.0. The number of aryl methyl sites for hydroxylation is 1. The van der Waals surface area contributed by atoms with Gasteiger partial charge in [0.15, 0.2) is 0 Å². The third-order valence-corrected chi connectivity index (χ3v) is 3.97. The fourth-order valence-corrected chi connectivity index (χ4v) is 3.20. The molecule has 0 saturated carbocycles. The minimum absolute atomic E-state index is 0.00915. The SMILES string of the molecule is Cc1cncc([N+](=O)[O-])c1N1C[C@H](C)C[C@H](NC(=O)OC(C)(C)C)C1. The lowest BCUT2D eigenvalue weighted by Crippen LogP contribution is -2.51. The van der Waals surface area contributed by atoms with Crippen LogP contribution in [0.5, 0.6) is 0 Å². The van der Waals surface area contributed by atoms with Gasteiger partial charge in [0.05, 0.1) is 4.92 Å². The molecule has 0 aromatic carbocycles. The van der Waals surface area contributed by atoms with Crippen molar-refractivity contribution in [3.63, 3.8) is 0 Å². The molecule has 1 aliphatic rings. The van der Waals surface area contributed by atoms with Gasteiger partial charge in [0, 0.05) is 25.3 Å². The number of hydrogen-bond acceptors (Lipinski definition) is 6. The lowest BCUT2D eigenvalue weighted by atomic mass is 9.95. The van der Waals surface area contributed by atoms with Crippen LogP contribution in [-0.2, 0) is 4.74 Å². The maximum atomic E-state index is 12.0. The molecule has 0 spiro atoms. The molecule has 1 fully saturated rings. The van der Waals surface area contributed by atoms with Crippen LogP contribution in [0.25, 0.3) is 0 Å². The van der Waals surface area contributed by atoms with Crippen molar-refractivity contribution < 1.29 is 14.5 Å². The van der Waals surface area contributed by atoms with Crippen molar-refractivity contribution in [1.29, 1.82) is 0 Å². The van der Waals surface area contributed by atoms with Crippen molar-refractivity contribution in [3.05, 3.63) is 28.1 Å². The molecule has 0 bridgehead atoms. The van der Waals surface area contributed by atoms with Gasteiger partial charge in [-0.3, -0.25) is 15.1 Å². The Labute approximate surface area is 147 Å². The molecule has 1 aliphatic heterocycles. The van der Waals surface area contributed by atoms with Gasteiger partial charge in [-0.05, 0) is 45.6 Å². The Morgan fingerprint density at radius 1 is 1.40 bits per heavy atom. The van der Waals surface area contributed by atoms with E-state index in [1.165, 1.54) is 6.20 Å².